The molecule has 2 N–H and O–H groups in total. The summed E-state index contributed by atoms with van der Waals surface area (Å²) < 4.78 is 5.13. The summed E-state index contributed by atoms with van der Waals surface area (Å²) in [7, 11) is 3.41. The zero-order valence-corrected chi connectivity index (χ0v) is 12.6. The van der Waals surface area contributed by atoms with E-state index >= 15 is 0 Å². The number of carbonyl (C=O) groups excluding carboxylic acids is 1. The minimum Gasteiger partial charge on any atom is -0.497 e. The lowest BCUT2D eigenvalue weighted by atomic mass is 10.1. The number of benzene rings is 2. The van der Waals surface area contributed by atoms with Crippen LogP contribution in [0, 0.1) is 6.92 Å². The maximum atomic E-state index is 12.5. The fourth-order valence-corrected chi connectivity index (χ4v) is 2.25. The predicted molar refractivity (Wildman–Crippen MR) is 84.4 cm³/mol. The largest absolute Gasteiger partial charge is 0.497 e. The molecule has 0 spiro atoms. The molecule has 0 heterocycles. The number of nitrogen functional groups attached to an aromatic ring is 1. The highest BCUT2D eigenvalue weighted by molar-refractivity contribution is 6.00. The molecule has 21 heavy (non-hydrogen) atoms. The van der Waals surface area contributed by atoms with Crippen LogP contribution in [0.5, 0.6) is 5.75 Å². The number of aryl methyl sites for hydroxylation is 1. The second-order valence-electron chi connectivity index (χ2n) is 5.05. The van der Waals surface area contributed by atoms with Crippen LogP contribution < -0.4 is 10.5 Å². The first-order chi connectivity index (χ1) is 10.0. The number of nitrogens with two attached hydrogens (primary N) is 1. The van der Waals surface area contributed by atoms with Crippen LogP contribution in [0.3, 0.4) is 0 Å². The van der Waals surface area contributed by atoms with Crippen molar-refractivity contribution in [2.75, 3.05) is 19.9 Å². The third-order valence-corrected chi connectivity index (χ3v) is 3.44. The molecular formula is C17H20N2O2. The van der Waals surface area contributed by atoms with Crippen molar-refractivity contribution in [3.63, 3.8) is 0 Å². The highest BCUT2D eigenvalue weighted by Gasteiger charge is 2.17. The maximum absolute atomic E-state index is 12.5. The van der Waals surface area contributed by atoms with Gasteiger partial charge in [-0.15, -0.1) is 0 Å². The normalized spacial score (nSPS) is 10.2. The molecule has 4 heteroatoms. The van der Waals surface area contributed by atoms with E-state index in [9.17, 15) is 4.79 Å². The highest BCUT2D eigenvalue weighted by Crippen LogP contribution is 2.19. The first kappa shape index (κ1) is 14.9. The molecule has 0 unspecified atom stereocenters. The van der Waals surface area contributed by atoms with E-state index in [1.54, 1.807) is 25.1 Å². The molecule has 2 aromatic carbocycles. The van der Waals surface area contributed by atoms with Gasteiger partial charge in [-0.05, 0) is 36.2 Å². The van der Waals surface area contributed by atoms with Crippen molar-refractivity contribution in [1.29, 1.82) is 0 Å². The standard InChI is InChI=1S/C17H20N2O2/c1-12-5-4-6-15(18)16(12)17(20)19(2)11-13-7-9-14(21-3)10-8-13/h4-10H,11,18H2,1-3H3. The minimum absolute atomic E-state index is 0.0681. The Balaban J connectivity index is 2.15. The minimum atomic E-state index is -0.0681. The molecule has 0 aliphatic carbocycles. The molecule has 1 amide bonds. The van der Waals surface area contributed by atoms with Crippen LogP contribution in [0.1, 0.15) is 21.5 Å². The van der Waals surface area contributed by atoms with Crippen LogP contribution >= 0.6 is 0 Å². The second kappa shape index (κ2) is 6.31. The molecule has 0 radical (unpaired) electrons. The van der Waals surface area contributed by atoms with Gasteiger partial charge in [0, 0.05) is 19.3 Å². The molecule has 0 fully saturated rings. The summed E-state index contributed by atoms with van der Waals surface area (Å²) in [4.78, 5) is 14.2. The first-order valence-corrected chi connectivity index (χ1v) is 6.76. The number of carbonyl (C=O) groups is 1. The summed E-state index contributed by atoms with van der Waals surface area (Å²) in [6, 6.07) is 13.2. The van der Waals surface area contributed by atoms with Gasteiger partial charge >= 0.3 is 0 Å². The molecule has 0 aliphatic heterocycles. The van der Waals surface area contributed by atoms with Gasteiger partial charge in [-0.3, -0.25) is 4.79 Å². The van der Waals surface area contributed by atoms with E-state index in [4.69, 9.17) is 10.5 Å². The van der Waals surface area contributed by atoms with Gasteiger partial charge in [0.15, 0.2) is 0 Å². The molecule has 4 nitrogen and oxygen atoms in total. The van der Waals surface area contributed by atoms with Crippen LogP contribution in [0.15, 0.2) is 42.5 Å². The number of nitrogens with zero attached hydrogens (tertiary/aromatic N) is 1. The zero-order chi connectivity index (χ0) is 15.4. The summed E-state index contributed by atoms with van der Waals surface area (Å²) in [5.41, 5.74) is 8.95. The van der Waals surface area contributed by atoms with Gasteiger partial charge in [-0.1, -0.05) is 24.3 Å². The Kier molecular flexibility index (Phi) is 4.48. The fraction of sp³-hybridized carbons (Fsp3) is 0.235. The molecule has 0 bridgehead atoms. The van der Waals surface area contributed by atoms with Crippen LogP contribution in [-0.4, -0.2) is 25.0 Å². The Hall–Kier alpha value is -2.49. The molecule has 0 aromatic heterocycles. The van der Waals surface area contributed by atoms with Crippen molar-refractivity contribution in [2.45, 2.75) is 13.5 Å². The number of hydrogen-bond acceptors (Lipinski definition) is 3. The highest BCUT2D eigenvalue weighted by atomic mass is 16.5. The molecule has 2 aromatic rings. The monoisotopic (exact) mass is 284 g/mol. The molecule has 2 rings (SSSR count). The molecular weight excluding hydrogens is 264 g/mol. The second-order valence-corrected chi connectivity index (χ2v) is 5.05. The van der Waals surface area contributed by atoms with E-state index in [1.165, 1.54) is 0 Å². The van der Waals surface area contributed by atoms with E-state index in [0.29, 0.717) is 17.8 Å². The lowest BCUT2D eigenvalue weighted by Gasteiger charge is -2.19. The van der Waals surface area contributed by atoms with Crippen LogP contribution in [-0.2, 0) is 6.54 Å². The topological polar surface area (TPSA) is 55.6 Å². The van der Waals surface area contributed by atoms with Gasteiger partial charge in [0.2, 0.25) is 0 Å². The number of amides is 1. The van der Waals surface area contributed by atoms with Crippen LogP contribution in [0.2, 0.25) is 0 Å². The van der Waals surface area contributed by atoms with Crippen molar-refractivity contribution in [2.24, 2.45) is 0 Å². The van der Waals surface area contributed by atoms with Gasteiger partial charge in [0.25, 0.3) is 5.91 Å². The third-order valence-electron chi connectivity index (χ3n) is 3.44. The first-order valence-electron chi connectivity index (χ1n) is 6.76. The summed E-state index contributed by atoms with van der Waals surface area (Å²) in [6.07, 6.45) is 0. The number of methoxy groups -OCH3 is 1. The third kappa shape index (κ3) is 3.34. The summed E-state index contributed by atoms with van der Waals surface area (Å²) in [6.45, 7) is 2.42. The van der Waals surface area contributed by atoms with E-state index in [-0.39, 0.29) is 5.91 Å². The van der Waals surface area contributed by atoms with Gasteiger partial charge in [-0.2, -0.15) is 0 Å². The summed E-state index contributed by atoms with van der Waals surface area (Å²) in [5.74, 6) is 0.734. The number of rotatable bonds is 4. The van der Waals surface area contributed by atoms with Crippen molar-refractivity contribution in [3.8, 4) is 5.75 Å². The molecule has 110 valence electrons. The average Bonchev–Trinajstić information content (AvgIpc) is 2.47. The van der Waals surface area contributed by atoms with Gasteiger partial charge in [0.1, 0.15) is 5.75 Å². The van der Waals surface area contributed by atoms with Gasteiger partial charge < -0.3 is 15.4 Å². The maximum Gasteiger partial charge on any atom is 0.256 e. The molecule has 0 saturated heterocycles. The number of hydrogen-bond donors (Lipinski definition) is 1. The van der Waals surface area contributed by atoms with E-state index < -0.39 is 0 Å². The van der Waals surface area contributed by atoms with Crippen LogP contribution in [0.25, 0.3) is 0 Å². The van der Waals surface area contributed by atoms with Gasteiger partial charge in [0.05, 0.1) is 12.7 Å². The summed E-state index contributed by atoms with van der Waals surface area (Å²) in [5, 5.41) is 0. The molecule has 0 atom stereocenters. The predicted octanol–water partition coefficient (Wildman–Crippen LogP) is 2.86. The zero-order valence-electron chi connectivity index (χ0n) is 12.6. The average molecular weight is 284 g/mol. The lowest BCUT2D eigenvalue weighted by molar-refractivity contribution is 0.0785. The van der Waals surface area contributed by atoms with Gasteiger partial charge in [-0.25, -0.2) is 0 Å². The van der Waals surface area contributed by atoms with Crippen molar-refractivity contribution in [1.82, 2.24) is 4.90 Å². The lowest BCUT2D eigenvalue weighted by Crippen LogP contribution is -2.27. The summed E-state index contributed by atoms with van der Waals surface area (Å²) >= 11 is 0. The van der Waals surface area contributed by atoms with Crippen molar-refractivity contribution >= 4 is 11.6 Å². The SMILES string of the molecule is COc1ccc(CN(C)C(=O)c2c(C)cccc2N)cc1. The molecule has 0 saturated carbocycles. The Morgan fingerprint density at radius 2 is 1.86 bits per heavy atom. The Morgan fingerprint density at radius 1 is 1.19 bits per heavy atom. The Labute approximate surface area is 125 Å². The van der Waals surface area contributed by atoms with Crippen LogP contribution in [0.4, 0.5) is 5.69 Å². The number of ether oxygens (including phenoxy) is 1. The van der Waals surface area contributed by atoms with E-state index in [0.717, 1.165) is 16.9 Å². The van der Waals surface area contributed by atoms with Crippen molar-refractivity contribution < 1.29 is 9.53 Å². The number of anilines is 1. The Bertz CT molecular complexity index is 615. The van der Waals surface area contributed by atoms with Crippen molar-refractivity contribution in [3.05, 3.63) is 59.2 Å². The fourth-order valence-electron chi connectivity index (χ4n) is 2.25. The smallest absolute Gasteiger partial charge is 0.256 e. The van der Waals surface area contributed by atoms with E-state index in [1.807, 2.05) is 43.3 Å². The Morgan fingerprint density at radius 3 is 2.43 bits per heavy atom. The quantitative estimate of drug-likeness (QED) is 0.878. The van der Waals surface area contributed by atoms with E-state index in [2.05, 4.69) is 0 Å². The molecule has 0 aliphatic rings.